The summed E-state index contributed by atoms with van der Waals surface area (Å²) in [5.74, 6) is -1.38. The van der Waals surface area contributed by atoms with Crippen LogP contribution in [-0.4, -0.2) is 59.0 Å². The Balaban J connectivity index is 1.50. The highest BCUT2D eigenvalue weighted by atomic mass is 35.5. The normalized spacial score (nSPS) is 19.6. The molecule has 12 heteroatoms. The van der Waals surface area contributed by atoms with Crippen molar-refractivity contribution in [2.75, 3.05) is 19.6 Å². The molecule has 0 aliphatic carbocycles. The number of oxime groups is 1. The summed E-state index contributed by atoms with van der Waals surface area (Å²) in [6.45, 7) is 3.57. The van der Waals surface area contributed by atoms with Gasteiger partial charge in [-0.2, -0.15) is 13.2 Å². The van der Waals surface area contributed by atoms with Crippen LogP contribution in [0.1, 0.15) is 66.1 Å². The lowest BCUT2D eigenvalue weighted by Crippen LogP contribution is -2.55. The molecule has 4 rings (SSSR count). The molecule has 7 nitrogen and oxygen atoms in total. The van der Waals surface area contributed by atoms with Crippen LogP contribution in [0.5, 0.6) is 0 Å². The lowest BCUT2D eigenvalue weighted by atomic mass is 9.86. The third-order valence-corrected chi connectivity index (χ3v) is 7.52. The Hall–Kier alpha value is -3.11. The molecule has 214 valence electrons. The number of alkyl halides is 3. The Morgan fingerprint density at radius 1 is 1.02 bits per heavy atom. The van der Waals surface area contributed by atoms with E-state index in [2.05, 4.69) is 12.1 Å². The van der Waals surface area contributed by atoms with E-state index in [1.54, 1.807) is 6.92 Å². The Kier molecular flexibility index (Phi) is 8.80. The van der Waals surface area contributed by atoms with Gasteiger partial charge in [-0.05, 0) is 54.8 Å². The first-order valence-electron chi connectivity index (χ1n) is 12.9. The zero-order valence-corrected chi connectivity index (χ0v) is 23.5. The standard InChI is InChI=1S/C28H28Cl2F3N3O4/c1-3-4-5-6-9-36-24(37)15-35(16-25(36)38)26(39)22-8-7-18(10-17(22)2)23-14-27(40-34-23,28(31,32)33)19-11-20(29)13-21(30)12-19/h7-8,10-13H,3-6,9,14-16H2,1-2H3. The molecule has 0 aromatic heterocycles. The van der Waals surface area contributed by atoms with E-state index in [4.69, 9.17) is 28.0 Å². The predicted octanol–water partition coefficient (Wildman–Crippen LogP) is 6.28. The second kappa shape index (κ2) is 11.8. The Labute approximate surface area is 239 Å². The molecule has 40 heavy (non-hydrogen) atoms. The molecule has 0 spiro atoms. The van der Waals surface area contributed by atoms with E-state index < -0.39 is 35.9 Å². The molecule has 0 bridgehead atoms. The summed E-state index contributed by atoms with van der Waals surface area (Å²) in [5.41, 5.74) is -2.03. The number of unbranched alkanes of at least 4 members (excludes halogenated alkanes) is 3. The van der Waals surface area contributed by atoms with Gasteiger partial charge in [0.05, 0.1) is 5.71 Å². The largest absolute Gasteiger partial charge is 0.435 e. The van der Waals surface area contributed by atoms with E-state index >= 15 is 0 Å². The lowest BCUT2D eigenvalue weighted by Gasteiger charge is -2.33. The third kappa shape index (κ3) is 5.98. The molecule has 3 amide bonds. The molecular weight excluding hydrogens is 570 g/mol. The van der Waals surface area contributed by atoms with E-state index in [1.807, 2.05) is 0 Å². The maximum absolute atomic E-state index is 14.3. The average Bonchev–Trinajstić information content (AvgIpc) is 3.34. The van der Waals surface area contributed by atoms with Crippen molar-refractivity contribution in [3.8, 4) is 0 Å². The first kappa shape index (κ1) is 29.9. The fraction of sp³-hybridized carbons (Fsp3) is 0.429. The Morgan fingerprint density at radius 2 is 1.68 bits per heavy atom. The zero-order chi connectivity index (χ0) is 29.2. The maximum atomic E-state index is 14.3. The van der Waals surface area contributed by atoms with Crippen molar-refractivity contribution in [3.05, 3.63) is 68.7 Å². The van der Waals surface area contributed by atoms with Gasteiger partial charge < -0.3 is 9.74 Å². The predicted molar refractivity (Wildman–Crippen MR) is 144 cm³/mol. The minimum atomic E-state index is -4.84. The van der Waals surface area contributed by atoms with Crippen molar-refractivity contribution in [1.82, 2.24) is 9.80 Å². The summed E-state index contributed by atoms with van der Waals surface area (Å²) in [4.78, 5) is 45.8. The maximum Gasteiger partial charge on any atom is 0.435 e. The van der Waals surface area contributed by atoms with Crippen LogP contribution in [0.15, 0.2) is 41.6 Å². The Bertz CT molecular complexity index is 1330. The SMILES string of the molecule is CCCCCCN1C(=O)CN(C(=O)c2ccc(C3=NOC(c4cc(Cl)cc(Cl)c4)(C(F)(F)F)C3)cc2C)CC1=O. The molecule has 2 aliphatic heterocycles. The number of amides is 3. The summed E-state index contributed by atoms with van der Waals surface area (Å²) >= 11 is 11.9. The van der Waals surface area contributed by atoms with Crippen molar-refractivity contribution < 1.29 is 32.4 Å². The smallest absolute Gasteiger partial charge is 0.374 e. The molecule has 0 saturated carbocycles. The number of rotatable bonds is 8. The molecular formula is C28H28Cl2F3N3O4. The van der Waals surface area contributed by atoms with Crippen LogP contribution in [0.25, 0.3) is 0 Å². The number of halogens is 5. The number of carbonyl (C=O) groups excluding carboxylic acids is 3. The number of aryl methyl sites for hydroxylation is 1. The quantitative estimate of drug-likeness (QED) is 0.265. The molecule has 1 fully saturated rings. The fourth-order valence-corrected chi connectivity index (χ4v) is 5.41. The minimum Gasteiger partial charge on any atom is -0.374 e. The Morgan fingerprint density at radius 3 is 2.25 bits per heavy atom. The number of hydrogen-bond donors (Lipinski definition) is 0. The first-order chi connectivity index (χ1) is 18.9. The van der Waals surface area contributed by atoms with E-state index in [0.717, 1.165) is 31.4 Å². The summed E-state index contributed by atoms with van der Waals surface area (Å²) in [7, 11) is 0. The van der Waals surface area contributed by atoms with E-state index in [0.29, 0.717) is 24.1 Å². The highest BCUT2D eigenvalue weighted by molar-refractivity contribution is 6.34. The van der Waals surface area contributed by atoms with Gasteiger partial charge in [0.2, 0.25) is 11.8 Å². The summed E-state index contributed by atoms with van der Waals surface area (Å²) in [5, 5.41) is 3.80. The number of nitrogens with zero attached hydrogens (tertiary/aromatic N) is 3. The summed E-state index contributed by atoms with van der Waals surface area (Å²) in [6, 6.07) is 8.04. The molecule has 2 aliphatic rings. The first-order valence-corrected chi connectivity index (χ1v) is 13.6. The second-order valence-electron chi connectivity index (χ2n) is 9.98. The molecule has 2 aromatic carbocycles. The highest BCUT2D eigenvalue weighted by Gasteiger charge is 2.62. The van der Waals surface area contributed by atoms with Gasteiger partial charge in [-0.15, -0.1) is 0 Å². The molecule has 1 atom stereocenters. The van der Waals surface area contributed by atoms with Crippen LogP contribution in [-0.2, 0) is 20.0 Å². The van der Waals surface area contributed by atoms with Gasteiger partial charge in [0.15, 0.2) is 0 Å². The molecule has 2 aromatic rings. The van der Waals surface area contributed by atoms with Crippen LogP contribution in [0.3, 0.4) is 0 Å². The molecule has 0 N–H and O–H groups in total. The van der Waals surface area contributed by atoms with Crippen LogP contribution >= 0.6 is 23.2 Å². The topological polar surface area (TPSA) is 79.3 Å². The monoisotopic (exact) mass is 597 g/mol. The lowest BCUT2D eigenvalue weighted by molar-refractivity contribution is -0.275. The van der Waals surface area contributed by atoms with Crippen molar-refractivity contribution in [3.63, 3.8) is 0 Å². The van der Waals surface area contributed by atoms with Gasteiger partial charge in [-0.1, -0.05) is 60.6 Å². The van der Waals surface area contributed by atoms with Gasteiger partial charge in [0, 0.05) is 34.1 Å². The average molecular weight is 598 g/mol. The van der Waals surface area contributed by atoms with Gasteiger partial charge in [-0.3, -0.25) is 19.3 Å². The summed E-state index contributed by atoms with van der Waals surface area (Å²) in [6.07, 6.45) is -1.80. The van der Waals surface area contributed by atoms with Crippen molar-refractivity contribution in [1.29, 1.82) is 0 Å². The number of benzene rings is 2. The van der Waals surface area contributed by atoms with E-state index in [9.17, 15) is 27.6 Å². The number of hydrogen-bond acceptors (Lipinski definition) is 5. The summed E-state index contributed by atoms with van der Waals surface area (Å²) < 4.78 is 42.9. The molecule has 2 heterocycles. The zero-order valence-electron chi connectivity index (χ0n) is 22.0. The highest BCUT2D eigenvalue weighted by Crippen LogP contribution is 2.49. The molecule has 1 unspecified atom stereocenters. The van der Waals surface area contributed by atoms with Gasteiger partial charge in [0.25, 0.3) is 11.5 Å². The van der Waals surface area contributed by atoms with E-state index in [1.165, 1.54) is 34.1 Å². The van der Waals surface area contributed by atoms with E-state index in [-0.39, 0.29) is 40.0 Å². The van der Waals surface area contributed by atoms with Gasteiger partial charge in [0.1, 0.15) is 13.1 Å². The van der Waals surface area contributed by atoms with Crippen LogP contribution in [0.2, 0.25) is 10.0 Å². The second-order valence-corrected chi connectivity index (χ2v) is 10.9. The van der Waals surface area contributed by atoms with Crippen molar-refractivity contribution >= 4 is 46.6 Å². The van der Waals surface area contributed by atoms with Crippen LogP contribution in [0.4, 0.5) is 13.2 Å². The number of carbonyl (C=O) groups is 3. The molecule has 1 saturated heterocycles. The number of piperazine rings is 1. The van der Waals surface area contributed by atoms with Gasteiger partial charge in [-0.25, -0.2) is 0 Å². The van der Waals surface area contributed by atoms with Crippen LogP contribution in [0, 0.1) is 6.92 Å². The molecule has 0 radical (unpaired) electrons. The third-order valence-electron chi connectivity index (χ3n) is 7.08. The minimum absolute atomic E-state index is 0.0242. The van der Waals surface area contributed by atoms with Crippen LogP contribution < -0.4 is 0 Å². The number of imide groups is 1. The van der Waals surface area contributed by atoms with Crippen molar-refractivity contribution in [2.45, 2.75) is 57.7 Å². The van der Waals surface area contributed by atoms with Crippen molar-refractivity contribution in [2.24, 2.45) is 5.16 Å². The fourth-order valence-electron chi connectivity index (χ4n) is 4.88. The van der Waals surface area contributed by atoms with Gasteiger partial charge >= 0.3 is 6.18 Å².